The van der Waals surface area contributed by atoms with Gasteiger partial charge < -0.3 is 9.80 Å². The quantitative estimate of drug-likeness (QED) is 0.816. The third-order valence-electron chi connectivity index (χ3n) is 3.30. The number of rotatable bonds is 2. The van der Waals surface area contributed by atoms with Crippen LogP contribution in [0.4, 0.5) is 11.4 Å². The van der Waals surface area contributed by atoms with E-state index in [1.165, 1.54) is 30.3 Å². The lowest BCUT2D eigenvalue weighted by atomic mass is 10.2. The molecule has 17 heavy (non-hydrogen) atoms. The number of benzene rings is 1. The van der Waals surface area contributed by atoms with E-state index in [0.717, 1.165) is 29.8 Å². The van der Waals surface area contributed by atoms with Crippen LogP contribution in [0.15, 0.2) is 12.1 Å². The first-order valence-electron chi connectivity index (χ1n) is 5.95. The monoisotopic (exact) mass is 248 g/mol. The van der Waals surface area contributed by atoms with Crippen molar-refractivity contribution in [2.45, 2.75) is 12.8 Å². The lowest BCUT2D eigenvalue weighted by molar-refractivity contribution is 0.949. The average molecular weight is 248 g/mol. The Balaban J connectivity index is 2.14. The van der Waals surface area contributed by atoms with E-state index >= 15 is 0 Å². The van der Waals surface area contributed by atoms with Crippen LogP contribution in [-0.4, -0.2) is 35.9 Å². The topological polar surface area (TPSA) is 32.3 Å². The second kappa shape index (κ2) is 4.14. The molecule has 0 spiro atoms. The zero-order valence-electron chi connectivity index (χ0n) is 10.2. The molecule has 4 nitrogen and oxygen atoms in total. The first-order chi connectivity index (χ1) is 8.27. The zero-order chi connectivity index (χ0) is 11.8. The van der Waals surface area contributed by atoms with Gasteiger partial charge in [-0.05, 0) is 25.0 Å². The average Bonchev–Trinajstić information content (AvgIpc) is 2.98. The summed E-state index contributed by atoms with van der Waals surface area (Å²) in [5.41, 5.74) is 4.49. The van der Waals surface area contributed by atoms with E-state index in [-0.39, 0.29) is 0 Å². The van der Waals surface area contributed by atoms with Crippen LogP contribution in [0.2, 0.25) is 0 Å². The molecule has 0 unspecified atom stereocenters. The lowest BCUT2D eigenvalue weighted by Gasteiger charge is -2.20. The highest BCUT2D eigenvalue weighted by molar-refractivity contribution is 7.00. The van der Waals surface area contributed by atoms with E-state index in [0.29, 0.717) is 0 Å². The van der Waals surface area contributed by atoms with Gasteiger partial charge in [0.15, 0.2) is 0 Å². The van der Waals surface area contributed by atoms with E-state index in [1.807, 2.05) is 14.1 Å². The van der Waals surface area contributed by atoms with Gasteiger partial charge in [0.25, 0.3) is 0 Å². The van der Waals surface area contributed by atoms with Gasteiger partial charge >= 0.3 is 0 Å². The molecule has 1 aliphatic heterocycles. The molecule has 5 heteroatoms. The van der Waals surface area contributed by atoms with Crippen LogP contribution >= 0.6 is 11.7 Å². The van der Waals surface area contributed by atoms with Gasteiger partial charge in [-0.2, -0.15) is 8.75 Å². The first kappa shape index (κ1) is 10.8. The fraction of sp³-hybridized carbons (Fsp3) is 0.500. The fourth-order valence-corrected chi connectivity index (χ4v) is 2.98. The van der Waals surface area contributed by atoms with Crippen molar-refractivity contribution in [3.8, 4) is 0 Å². The summed E-state index contributed by atoms with van der Waals surface area (Å²) in [6, 6.07) is 4.34. The second-order valence-electron chi connectivity index (χ2n) is 4.65. The zero-order valence-corrected chi connectivity index (χ0v) is 11.0. The van der Waals surface area contributed by atoms with Gasteiger partial charge in [-0.1, -0.05) is 0 Å². The molecule has 0 radical (unpaired) electrons. The molecule has 0 amide bonds. The predicted molar refractivity (Wildman–Crippen MR) is 73.2 cm³/mol. The summed E-state index contributed by atoms with van der Waals surface area (Å²) >= 11 is 1.30. The van der Waals surface area contributed by atoms with Gasteiger partial charge in [0.2, 0.25) is 0 Å². The third-order valence-corrected chi connectivity index (χ3v) is 3.83. The number of aromatic nitrogens is 2. The molecule has 0 aliphatic carbocycles. The smallest absolute Gasteiger partial charge is 0.130 e. The summed E-state index contributed by atoms with van der Waals surface area (Å²) in [4.78, 5) is 4.51. The summed E-state index contributed by atoms with van der Waals surface area (Å²) in [5, 5.41) is 0. The molecular formula is C12H16N4S. The van der Waals surface area contributed by atoms with Gasteiger partial charge in [-0.3, -0.25) is 0 Å². The van der Waals surface area contributed by atoms with Crippen molar-refractivity contribution in [3.63, 3.8) is 0 Å². The van der Waals surface area contributed by atoms with Crippen molar-refractivity contribution in [3.05, 3.63) is 12.1 Å². The second-order valence-corrected chi connectivity index (χ2v) is 5.18. The Labute approximate surface area is 105 Å². The maximum Gasteiger partial charge on any atom is 0.130 e. The Kier molecular flexibility index (Phi) is 2.63. The normalized spacial score (nSPS) is 15.8. The molecule has 1 aromatic heterocycles. The Morgan fingerprint density at radius 3 is 2.53 bits per heavy atom. The Morgan fingerprint density at radius 2 is 1.82 bits per heavy atom. The van der Waals surface area contributed by atoms with Gasteiger partial charge in [0.1, 0.15) is 11.0 Å². The largest absolute Gasteiger partial charge is 0.376 e. The van der Waals surface area contributed by atoms with Crippen molar-refractivity contribution in [2.75, 3.05) is 37.0 Å². The number of nitrogens with zero attached hydrogens (tertiary/aromatic N) is 4. The van der Waals surface area contributed by atoms with E-state index in [4.69, 9.17) is 0 Å². The molecule has 3 rings (SSSR count). The highest BCUT2D eigenvalue weighted by atomic mass is 32.1. The standard InChI is InChI=1S/C12H16N4S/c1-15(2)9-5-6-10(16-7-3-4-8-16)12-11(9)13-17-14-12/h5-6H,3-4,7-8H2,1-2H3. The fourth-order valence-electron chi connectivity index (χ4n) is 2.41. The lowest BCUT2D eigenvalue weighted by Crippen LogP contribution is -2.18. The maximum atomic E-state index is 4.47. The molecule has 0 N–H and O–H groups in total. The van der Waals surface area contributed by atoms with Crippen molar-refractivity contribution in [1.82, 2.24) is 8.75 Å². The van der Waals surface area contributed by atoms with Crippen molar-refractivity contribution < 1.29 is 0 Å². The summed E-state index contributed by atoms with van der Waals surface area (Å²) in [6.45, 7) is 2.29. The number of hydrogen-bond donors (Lipinski definition) is 0. The van der Waals surface area contributed by atoms with Crippen molar-refractivity contribution >= 4 is 34.1 Å². The molecule has 0 atom stereocenters. The number of hydrogen-bond acceptors (Lipinski definition) is 5. The molecule has 2 aromatic rings. The minimum atomic E-state index is 1.03. The summed E-state index contributed by atoms with van der Waals surface area (Å²) < 4.78 is 8.90. The Bertz CT molecular complexity index is 528. The predicted octanol–water partition coefficient (Wildman–Crippen LogP) is 2.36. The summed E-state index contributed by atoms with van der Waals surface area (Å²) in [6.07, 6.45) is 2.57. The minimum absolute atomic E-state index is 1.03. The van der Waals surface area contributed by atoms with Gasteiger partial charge in [-0.25, -0.2) is 0 Å². The maximum absolute atomic E-state index is 4.47. The van der Waals surface area contributed by atoms with Crippen molar-refractivity contribution in [1.29, 1.82) is 0 Å². The molecule has 0 bridgehead atoms. The molecule has 90 valence electrons. The molecular weight excluding hydrogens is 232 g/mol. The molecule has 2 heterocycles. The highest BCUT2D eigenvalue weighted by Gasteiger charge is 2.18. The molecule has 1 aromatic carbocycles. The SMILES string of the molecule is CN(C)c1ccc(N2CCCC2)c2nsnc12. The van der Waals surface area contributed by atoms with Crippen LogP contribution in [0.25, 0.3) is 11.0 Å². The Hall–Kier alpha value is -1.36. The minimum Gasteiger partial charge on any atom is -0.376 e. The molecule has 1 aliphatic rings. The van der Waals surface area contributed by atoms with Gasteiger partial charge in [0.05, 0.1) is 23.1 Å². The first-order valence-corrected chi connectivity index (χ1v) is 6.68. The van der Waals surface area contributed by atoms with Crippen LogP contribution in [0.1, 0.15) is 12.8 Å². The Morgan fingerprint density at radius 1 is 1.12 bits per heavy atom. The number of fused-ring (bicyclic) bond motifs is 1. The van der Waals surface area contributed by atoms with Crippen LogP contribution in [0, 0.1) is 0 Å². The van der Waals surface area contributed by atoms with Crippen molar-refractivity contribution in [2.24, 2.45) is 0 Å². The van der Waals surface area contributed by atoms with Crippen LogP contribution < -0.4 is 9.80 Å². The highest BCUT2D eigenvalue weighted by Crippen LogP contribution is 2.33. The van der Waals surface area contributed by atoms with E-state index in [9.17, 15) is 0 Å². The van der Waals surface area contributed by atoms with E-state index in [2.05, 4.69) is 30.7 Å². The van der Waals surface area contributed by atoms with Crippen LogP contribution in [0.3, 0.4) is 0 Å². The van der Waals surface area contributed by atoms with Crippen LogP contribution in [0.5, 0.6) is 0 Å². The van der Waals surface area contributed by atoms with E-state index < -0.39 is 0 Å². The molecule has 1 fully saturated rings. The molecule has 0 saturated carbocycles. The third kappa shape index (κ3) is 1.74. The number of anilines is 2. The summed E-state index contributed by atoms with van der Waals surface area (Å²) in [5.74, 6) is 0. The van der Waals surface area contributed by atoms with Crippen LogP contribution in [-0.2, 0) is 0 Å². The summed E-state index contributed by atoms with van der Waals surface area (Å²) in [7, 11) is 4.09. The van der Waals surface area contributed by atoms with Gasteiger partial charge in [-0.15, -0.1) is 0 Å². The van der Waals surface area contributed by atoms with E-state index in [1.54, 1.807) is 0 Å². The van der Waals surface area contributed by atoms with Gasteiger partial charge in [0, 0.05) is 27.2 Å². The molecule has 1 saturated heterocycles.